The van der Waals surface area contributed by atoms with Crippen LogP contribution in [0.2, 0.25) is 0 Å². The summed E-state index contributed by atoms with van der Waals surface area (Å²) in [6.07, 6.45) is -3.46. The second-order valence-corrected chi connectivity index (χ2v) is 5.68. The number of amides is 1. The van der Waals surface area contributed by atoms with E-state index in [-0.39, 0.29) is 24.5 Å². The SMILES string of the molecule is O=C(O)COc1ccccc1C(O)C(O)CNC(=O)OCc1ccccc1. The van der Waals surface area contributed by atoms with Gasteiger partial charge in [0.15, 0.2) is 6.61 Å². The zero-order valence-corrected chi connectivity index (χ0v) is 14.4. The van der Waals surface area contributed by atoms with Gasteiger partial charge in [0.05, 0.1) is 0 Å². The normalized spacial score (nSPS) is 12.7. The van der Waals surface area contributed by atoms with E-state index in [1.807, 2.05) is 18.2 Å². The quantitative estimate of drug-likeness (QED) is 0.523. The number of aliphatic hydroxyl groups is 2. The summed E-state index contributed by atoms with van der Waals surface area (Å²) in [5.74, 6) is -1.03. The number of rotatable bonds is 9. The van der Waals surface area contributed by atoms with Crippen molar-refractivity contribution in [1.82, 2.24) is 5.32 Å². The van der Waals surface area contributed by atoms with Crippen LogP contribution in [0.5, 0.6) is 5.75 Å². The van der Waals surface area contributed by atoms with Gasteiger partial charge in [0.25, 0.3) is 0 Å². The lowest BCUT2D eigenvalue weighted by molar-refractivity contribution is -0.139. The zero-order valence-electron chi connectivity index (χ0n) is 14.4. The Morgan fingerprint density at radius 3 is 2.37 bits per heavy atom. The van der Waals surface area contributed by atoms with E-state index < -0.39 is 30.9 Å². The molecule has 144 valence electrons. The van der Waals surface area contributed by atoms with E-state index in [9.17, 15) is 19.8 Å². The Bertz CT molecular complexity index is 751. The molecule has 8 nitrogen and oxygen atoms in total. The van der Waals surface area contributed by atoms with E-state index in [0.717, 1.165) is 5.56 Å². The number of hydrogen-bond donors (Lipinski definition) is 4. The number of carboxylic acid groups (broad SMARTS) is 1. The first kappa shape index (κ1) is 20.2. The Hall–Kier alpha value is -3.10. The maximum atomic E-state index is 11.7. The standard InChI is InChI=1S/C19H21NO7/c21-15(10-20-19(25)27-11-13-6-2-1-3-7-13)18(24)14-8-4-5-9-16(14)26-12-17(22)23/h1-9,15,18,21,24H,10-12H2,(H,20,25)(H,22,23). The van der Waals surface area contributed by atoms with Crippen LogP contribution in [0, 0.1) is 0 Å². The van der Waals surface area contributed by atoms with E-state index in [1.54, 1.807) is 24.3 Å². The van der Waals surface area contributed by atoms with Crippen molar-refractivity contribution in [2.45, 2.75) is 18.8 Å². The summed E-state index contributed by atoms with van der Waals surface area (Å²) >= 11 is 0. The lowest BCUT2D eigenvalue weighted by Crippen LogP contribution is -2.36. The molecule has 0 heterocycles. The number of aliphatic hydroxyl groups excluding tert-OH is 2. The number of benzene rings is 2. The second kappa shape index (κ2) is 10.1. The molecular formula is C19H21NO7. The first-order valence-corrected chi connectivity index (χ1v) is 8.21. The highest BCUT2D eigenvalue weighted by Gasteiger charge is 2.23. The first-order chi connectivity index (χ1) is 13.0. The first-order valence-electron chi connectivity index (χ1n) is 8.21. The fourth-order valence-electron chi connectivity index (χ4n) is 2.28. The van der Waals surface area contributed by atoms with Crippen LogP contribution < -0.4 is 10.1 Å². The van der Waals surface area contributed by atoms with Gasteiger partial charge >= 0.3 is 12.1 Å². The zero-order chi connectivity index (χ0) is 19.6. The highest BCUT2D eigenvalue weighted by Crippen LogP contribution is 2.27. The number of carboxylic acids is 1. The van der Waals surface area contributed by atoms with Crippen LogP contribution in [-0.4, -0.2) is 46.6 Å². The van der Waals surface area contributed by atoms with Crippen molar-refractivity contribution in [3.05, 3.63) is 65.7 Å². The number of para-hydroxylation sites is 1. The van der Waals surface area contributed by atoms with Gasteiger partial charge in [-0.1, -0.05) is 48.5 Å². The van der Waals surface area contributed by atoms with Crippen molar-refractivity contribution in [1.29, 1.82) is 0 Å². The molecule has 2 unspecified atom stereocenters. The molecule has 0 aromatic heterocycles. The van der Waals surface area contributed by atoms with E-state index in [0.29, 0.717) is 0 Å². The van der Waals surface area contributed by atoms with Crippen molar-refractivity contribution >= 4 is 12.1 Å². The van der Waals surface area contributed by atoms with E-state index in [4.69, 9.17) is 14.6 Å². The predicted octanol–water partition coefficient (Wildman–Crippen LogP) is 1.47. The largest absolute Gasteiger partial charge is 0.482 e. The molecule has 0 aliphatic heterocycles. The van der Waals surface area contributed by atoms with Crippen LogP contribution in [0.25, 0.3) is 0 Å². The van der Waals surface area contributed by atoms with Crippen molar-refractivity contribution in [3.8, 4) is 5.75 Å². The molecule has 0 fully saturated rings. The van der Waals surface area contributed by atoms with Gasteiger partial charge in [-0.05, 0) is 11.6 Å². The van der Waals surface area contributed by atoms with Gasteiger partial charge in [0, 0.05) is 12.1 Å². The number of hydrogen-bond acceptors (Lipinski definition) is 6. The summed E-state index contributed by atoms with van der Waals surface area (Å²) in [5.41, 5.74) is 1.03. The van der Waals surface area contributed by atoms with Crippen LogP contribution in [0.3, 0.4) is 0 Å². The predicted molar refractivity (Wildman–Crippen MR) is 95.2 cm³/mol. The van der Waals surface area contributed by atoms with Gasteiger partial charge in [-0.3, -0.25) is 0 Å². The molecule has 0 spiro atoms. The lowest BCUT2D eigenvalue weighted by Gasteiger charge is -2.20. The number of carbonyl (C=O) groups excluding carboxylic acids is 1. The van der Waals surface area contributed by atoms with Gasteiger partial charge in [-0.25, -0.2) is 9.59 Å². The third kappa shape index (κ3) is 6.61. The Kier molecular flexibility index (Phi) is 7.60. The molecule has 0 bridgehead atoms. The molecule has 0 saturated carbocycles. The van der Waals surface area contributed by atoms with Crippen molar-refractivity contribution < 1.29 is 34.4 Å². The summed E-state index contributed by atoms with van der Waals surface area (Å²) in [6, 6.07) is 15.3. The monoisotopic (exact) mass is 375 g/mol. The van der Waals surface area contributed by atoms with Gasteiger partial charge in [-0.15, -0.1) is 0 Å². The molecule has 0 saturated heterocycles. The van der Waals surface area contributed by atoms with Crippen LogP contribution in [-0.2, 0) is 16.1 Å². The van der Waals surface area contributed by atoms with Crippen molar-refractivity contribution in [2.75, 3.05) is 13.2 Å². The smallest absolute Gasteiger partial charge is 0.407 e. The third-order valence-corrected chi connectivity index (χ3v) is 3.62. The Labute approximate surface area is 156 Å². The van der Waals surface area contributed by atoms with Gasteiger partial charge in [0.2, 0.25) is 0 Å². The third-order valence-electron chi connectivity index (χ3n) is 3.62. The number of aliphatic carboxylic acids is 1. The van der Waals surface area contributed by atoms with Gasteiger partial charge < -0.3 is 30.1 Å². The molecule has 0 radical (unpaired) electrons. The molecule has 2 atom stereocenters. The molecule has 2 aromatic carbocycles. The molecule has 1 amide bonds. The second-order valence-electron chi connectivity index (χ2n) is 5.68. The van der Waals surface area contributed by atoms with Crippen LogP contribution in [0.15, 0.2) is 54.6 Å². The fourth-order valence-corrected chi connectivity index (χ4v) is 2.28. The molecule has 0 aliphatic rings. The summed E-state index contributed by atoms with van der Waals surface area (Å²) in [6.45, 7) is -0.761. The minimum atomic E-state index is -1.38. The minimum absolute atomic E-state index is 0.0805. The Morgan fingerprint density at radius 2 is 1.67 bits per heavy atom. The summed E-state index contributed by atoms with van der Waals surface area (Å²) in [5, 5.41) is 31.5. The van der Waals surface area contributed by atoms with Crippen molar-refractivity contribution in [2.24, 2.45) is 0 Å². The molecule has 4 N–H and O–H groups in total. The number of carbonyl (C=O) groups is 2. The highest BCUT2D eigenvalue weighted by molar-refractivity contribution is 5.68. The number of ether oxygens (including phenoxy) is 2. The molecule has 8 heteroatoms. The molecule has 27 heavy (non-hydrogen) atoms. The number of alkyl carbamates (subject to hydrolysis) is 1. The number of nitrogens with one attached hydrogen (secondary N) is 1. The Balaban J connectivity index is 1.85. The topological polar surface area (TPSA) is 125 Å². The van der Waals surface area contributed by atoms with E-state index >= 15 is 0 Å². The molecule has 0 aliphatic carbocycles. The highest BCUT2D eigenvalue weighted by atomic mass is 16.5. The van der Waals surface area contributed by atoms with Gasteiger partial charge in [0.1, 0.15) is 24.6 Å². The summed E-state index contributed by atoms with van der Waals surface area (Å²) in [7, 11) is 0. The molecular weight excluding hydrogens is 354 g/mol. The Morgan fingerprint density at radius 1 is 1.00 bits per heavy atom. The average Bonchev–Trinajstić information content (AvgIpc) is 2.69. The van der Waals surface area contributed by atoms with Crippen LogP contribution in [0.1, 0.15) is 17.2 Å². The van der Waals surface area contributed by atoms with Crippen LogP contribution >= 0.6 is 0 Å². The minimum Gasteiger partial charge on any atom is -0.482 e. The fraction of sp³-hybridized carbons (Fsp3) is 0.263. The summed E-state index contributed by atoms with van der Waals surface area (Å²) in [4.78, 5) is 22.3. The van der Waals surface area contributed by atoms with E-state index in [2.05, 4.69) is 5.32 Å². The summed E-state index contributed by atoms with van der Waals surface area (Å²) < 4.78 is 10.1. The van der Waals surface area contributed by atoms with Crippen LogP contribution in [0.4, 0.5) is 4.79 Å². The maximum Gasteiger partial charge on any atom is 0.407 e. The van der Waals surface area contributed by atoms with Gasteiger partial charge in [-0.2, -0.15) is 0 Å². The average molecular weight is 375 g/mol. The molecule has 2 rings (SSSR count). The molecule has 2 aromatic rings. The van der Waals surface area contributed by atoms with Crippen molar-refractivity contribution in [3.63, 3.8) is 0 Å². The maximum absolute atomic E-state index is 11.7. The lowest BCUT2D eigenvalue weighted by atomic mass is 10.0. The van der Waals surface area contributed by atoms with E-state index in [1.165, 1.54) is 12.1 Å².